The van der Waals surface area contributed by atoms with Gasteiger partial charge in [0.2, 0.25) is 0 Å². The van der Waals surface area contributed by atoms with E-state index in [1.807, 2.05) is 13.8 Å². The summed E-state index contributed by atoms with van der Waals surface area (Å²) in [6.07, 6.45) is -4.26. The summed E-state index contributed by atoms with van der Waals surface area (Å²) in [7, 11) is 0. The number of hydrogen-bond donors (Lipinski definition) is 0. The van der Waals surface area contributed by atoms with Gasteiger partial charge in [-0.15, -0.1) is 0 Å². The summed E-state index contributed by atoms with van der Waals surface area (Å²) in [6.45, 7) is 13.6. The summed E-state index contributed by atoms with van der Waals surface area (Å²) in [5.74, 6) is 0. The van der Waals surface area contributed by atoms with Crippen molar-refractivity contribution >= 4 is 24.6 Å². The summed E-state index contributed by atoms with van der Waals surface area (Å²) in [5, 5.41) is 0. The zero-order valence-corrected chi connectivity index (χ0v) is 18.6. The zero-order valence-electron chi connectivity index (χ0n) is 18.6. The predicted molar refractivity (Wildman–Crippen MR) is 100 cm³/mol. The second-order valence-corrected chi connectivity index (χ2v) is 6.34. The Labute approximate surface area is 175 Å². The minimum absolute atomic E-state index is 0.290. The minimum atomic E-state index is -1.08. The Kier molecular flexibility index (Phi) is 16.6. The van der Waals surface area contributed by atoms with Crippen LogP contribution in [-0.4, -0.2) is 49.0 Å². The molecule has 0 bridgehead atoms. The van der Waals surface area contributed by atoms with E-state index in [9.17, 15) is 19.2 Å². The van der Waals surface area contributed by atoms with Crippen molar-refractivity contribution in [3.05, 3.63) is 0 Å². The highest BCUT2D eigenvalue weighted by molar-refractivity contribution is 5.64. The Bertz CT molecular complexity index is 471. The zero-order chi connectivity index (χ0) is 23.7. The van der Waals surface area contributed by atoms with E-state index in [-0.39, 0.29) is 24.4 Å². The maximum absolute atomic E-state index is 10.9. The number of ether oxygens (including phenoxy) is 4. The number of carbonyl (C=O) groups excluding carboxylic acids is 4. The first kappa shape index (κ1) is 29.3. The van der Waals surface area contributed by atoms with Crippen LogP contribution >= 0.6 is 0 Å². The molecule has 0 heterocycles. The Morgan fingerprint density at radius 2 is 0.733 bits per heavy atom. The topological polar surface area (TPSA) is 142 Å². The molecule has 0 aliphatic heterocycles. The number of hydrogen-bond acceptors (Lipinski definition) is 12. The third-order valence-corrected chi connectivity index (χ3v) is 2.76. The van der Waals surface area contributed by atoms with Crippen molar-refractivity contribution in [3.63, 3.8) is 0 Å². The summed E-state index contributed by atoms with van der Waals surface area (Å²) in [6, 6.07) is 0. The fourth-order valence-corrected chi connectivity index (χ4v) is 1.09. The Hall–Kier alpha value is -2.92. The van der Waals surface area contributed by atoms with Gasteiger partial charge < -0.3 is 18.9 Å². The second kappa shape index (κ2) is 17.0. The van der Waals surface area contributed by atoms with Crippen LogP contribution in [0.25, 0.3) is 0 Å². The monoisotopic (exact) mass is 440 g/mol. The van der Waals surface area contributed by atoms with E-state index < -0.39 is 24.6 Å². The Morgan fingerprint density at radius 3 is 0.933 bits per heavy atom. The van der Waals surface area contributed by atoms with E-state index in [1.165, 1.54) is 0 Å². The van der Waals surface area contributed by atoms with Gasteiger partial charge in [-0.05, 0) is 54.4 Å². The van der Waals surface area contributed by atoms with E-state index >= 15 is 0 Å². The third kappa shape index (κ3) is 19.8. The van der Waals surface area contributed by atoms with Gasteiger partial charge in [-0.25, -0.2) is 0 Å². The van der Waals surface area contributed by atoms with Crippen molar-refractivity contribution in [2.75, 3.05) is 0 Å². The molecule has 0 aromatic carbocycles. The molecule has 0 aromatic rings. The average molecular weight is 440 g/mol. The van der Waals surface area contributed by atoms with Crippen LogP contribution in [0.5, 0.6) is 0 Å². The normalized spacial score (nSPS) is 11.8. The fraction of sp³-hybridized carbons (Fsp3) is 0.778. The van der Waals surface area contributed by atoms with E-state index in [2.05, 4.69) is 38.5 Å². The van der Waals surface area contributed by atoms with Gasteiger partial charge in [-0.2, -0.15) is 38.7 Å². The second-order valence-electron chi connectivity index (χ2n) is 6.34. The molecule has 0 N–H and O–H groups in total. The van der Waals surface area contributed by atoms with Gasteiger partial charge in [-0.1, -0.05) is 13.8 Å². The molecular weight excluding hydrogens is 408 g/mol. The van der Waals surface area contributed by atoms with E-state index in [0.717, 1.165) is 0 Å². The summed E-state index contributed by atoms with van der Waals surface area (Å²) >= 11 is 0. The molecule has 0 saturated heterocycles. The van der Waals surface area contributed by atoms with Crippen molar-refractivity contribution in [2.24, 2.45) is 0 Å². The van der Waals surface area contributed by atoms with E-state index in [1.54, 1.807) is 41.5 Å². The van der Waals surface area contributed by atoms with Gasteiger partial charge in [0.25, 0.3) is 0 Å². The Morgan fingerprint density at radius 1 is 0.500 bits per heavy atom. The van der Waals surface area contributed by atoms with Crippen molar-refractivity contribution in [3.8, 4) is 0 Å². The molecule has 0 aliphatic rings. The molecule has 0 saturated carbocycles. The smallest absolute Gasteiger partial charge is 0.429 e. The van der Waals surface area contributed by atoms with Crippen LogP contribution in [0.2, 0.25) is 0 Å². The van der Waals surface area contributed by atoms with Crippen LogP contribution in [0.15, 0.2) is 0 Å². The molecule has 0 aromatic heterocycles. The van der Waals surface area contributed by atoms with Crippen LogP contribution in [0, 0.1) is 0 Å². The first-order chi connectivity index (χ1) is 13.9. The summed E-state index contributed by atoms with van der Waals surface area (Å²) < 4.78 is 18.4. The lowest BCUT2D eigenvalue weighted by molar-refractivity contribution is -0.223. The van der Waals surface area contributed by atoms with Crippen LogP contribution in [-0.2, 0) is 38.5 Å². The lowest BCUT2D eigenvalue weighted by Gasteiger charge is -2.11. The highest BCUT2D eigenvalue weighted by Crippen LogP contribution is 2.02. The SMILES string of the molecule is CC(C)OC(=O)OOC(=O)OC(C)C.CCC(C)OC(=O)OOC(=O)OC(C)CC. The molecule has 12 nitrogen and oxygen atoms in total. The van der Waals surface area contributed by atoms with Gasteiger partial charge in [0.1, 0.15) is 12.2 Å². The highest BCUT2D eigenvalue weighted by atomic mass is 17.3. The van der Waals surface area contributed by atoms with Crippen molar-refractivity contribution in [1.29, 1.82) is 0 Å². The largest absolute Gasteiger partial charge is 0.550 e. The molecule has 0 rings (SSSR count). The fourth-order valence-electron chi connectivity index (χ4n) is 1.09. The van der Waals surface area contributed by atoms with Crippen molar-refractivity contribution in [1.82, 2.24) is 0 Å². The number of rotatable bonds is 6. The molecule has 176 valence electrons. The molecule has 2 atom stereocenters. The predicted octanol–water partition coefficient (Wildman–Crippen LogP) is 4.83. The lowest BCUT2D eigenvalue weighted by Crippen LogP contribution is -2.20. The molecular formula is C18H32O12. The molecule has 0 fully saturated rings. The first-order valence-electron chi connectivity index (χ1n) is 9.42. The van der Waals surface area contributed by atoms with E-state index in [4.69, 9.17) is 0 Å². The van der Waals surface area contributed by atoms with Crippen molar-refractivity contribution in [2.45, 2.75) is 92.6 Å². The van der Waals surface area contributed by atoms with Gasteiger partial charge in [-0.3, -0.25) is 0 Å². The maximum Gasteiger partial charge on any atom is 0.550 e. The molecule has 2 unspecified atom stereocenters. The average Bonchev–Trinajstić information content (AvgIpc) is 2.64. The standard InChI is InChI=1S/C10H18O6.C8H14O6/c1-5-7(3)13-9(11)15-16-10(12)14-8(4)6-2;1-5(2)11-7(9)13-14-8(10)12-6(3)4/h7-8H,5-6H2,1-4H3;5-6H,1-4H3. The molecule has 0 radical (unpaired) electrons. The van der Waals surface area contributed by atoms with Gasteiger partial charge in [0, 0.05) is 0 Å². The van der Waals surface area contributed by atoms with Crippen LogP contribution < -0.4 is 0 Å². The number of carbonyl (C=O) groups is 4. The molecule has 0 spiro atoms. The van der Waals surface area contributed by atoms with Crippen LogP contribution in [0.1, 0.15) is 68.2 Å². The van der Waals surface area contributed by atoms with Gasteiger partial charge in [0.05, 0.1) is 12.2 Å². The lowest BCUT2D eigenvalue weighted by atomic mass is 10.3. The van der Waals surface area contributed by atoms with Crippen LogP contribution in [0.4, 0.5) is 19.2 Å². The molecule has 0 aliphatic carbocycles. The molecule has 30 heavy (non-hydrogen) atoms. The van der Waals surface area contributed by atoms with E-state index in [0.29, 0.717) is 12.8 Å². The summed E-state index contributed by atoms with van der Waals surface area (Å²) in [5.41, 5.74) is 0. The third-order valence-electron chi connectivity index (χ3n) is 2.76. The first-order valence-corrected chi connectivity index (χ1v) is 9.42. The van der Waals surface area contributed by atoms with Gasteiger partial charge in [0.15, 0.2) is 0 Å². The minimum Gasteiger partial charge on any atom is -0.429 e. The highest BCUT2D eigenvalue weighted by Gasteiger charge is 2.16. The molecule has 0 amide bonds. The van der Waals surface area contributed by atoms with Gasteiger partial charge >= 0.3 is 24.6 Å². The van der Waals surface area contributed by atoms with Crippen LogP contribution in [0.3, 0.4) is 0 Å². The quantitative estimate of drug-likeness (QED) is 0.241. The Balaban J connectivity index is 0. The molecule has 12 heteroatoms. The maximum atomic E-state index is 10.9. The van der Waals surface area contributed by atoms with Crippen molar-refractivity contribution < 1.29 is 57.7 Å². The summed E-state index contributed by atoms with van der Waals surface area (Å²) in [4.78, 5) is 59.3.